The van der Waals surface area contributed by atoms with Crippen molar-refractivity contribution in [2.75, 3.05) is 18.0 Å². The van der Waals surface area contributed by atoms with E-state index in [9.17, 15) is 14.3 Å². The van der Waals surface area contributed by atoms with Crippen molar-refractivity contribution in [2.24, 2.45) is 17.8 Å². The van der Waals surface area contributed by atoms with Crippen molar-refractivity contribution in [3.63, 3.8) is 0 Å². The second kappa shape index (κ2) is 8.51. The summed E-state index contributed by atoms with van der Waals surface area (Å²) in [7, 11) is 0. The summed E-state index contributed by atoms with van der Waals surface area (Å²) < 4.78 is 20.5. The Morgan fingerprint density at radius 3 is 2.61 bits per heavy atom. The minimum Gasteiger partial charge on any atom is -0.477 e. The van der Waals surface area contributed by atoms with Crippen LogP contribution in [0.3, 0.4) is 0 Å². The van der Waals surface area contributed by atoms with Crippen molar-refractivity contribution in [2.45, 2.75) is 32.6 Å². The van der Waals surface area contributed by atoms with E-state index >= 15 is 0 Å². The molecule has 1 saturated heterocycles. The molecule has 7 rings (SSSR count). The monoisotopic (exact) mass is 509 g/mol. The van der Waals surface area contributed by atoms with Crippen LogP contribution < -0.4 is 4.90 Å². The van der Waals surface area contributed by atoms with Gasteiger partial charge in [-0.1, -0.05) is 29.4 Å². The fourth-order valence-corrected chi connectivity index (χ4v) is 6.19. The number of allylic oxidation sites excluding steroid dienone is 1. The maximum absolute atomic E-state index is 14.8. The number of nitrogens with zero attached hydrogens (tertiary/aromatic N) is 3. The second-order valence-electron chi connectivity index (χ2n) is 11.0. The zero-order valence-corrected chi connectivity index (χ0v) is 21.3. The summed E-state index contributed by atoms with van der Waals surface area (Å²) in [5.41, 5.74) is 5.77. The van der Waals surface area contributed by atoms with Gasteiger partial charge in [-0.3, -0.25) is 0 Å². The van der Waals surface area contributed by atoms with E-state index in [1.165, 1.54) is 6.07 Å². The lowest BCUT2D eigenvalue weighted by molar-refractivity contribution is 0.0691. The zero-order valence-electron chi connectivity index (χ0n) is 21.3. The highest BCUT2D eigenvalue weighted by molar-refractivity contribution is 5.92. The van der Waals surface area contributed by atoms with E-state index in [1.54, 1.807) is 12.1 Å². The number of aromatic carboxylic acids is 1. The quantitative estimate of drug-likeness (QED) is 0.315. The molecule has 0 amide bonds. The summed E-state index contributed by atoms with van der Waals surface area (Å²) >= 11 is 0. The first-order valence-corrected chi connectivity index (χ1v) is 13.2. The number of rotatable bonds is 6. The minimum absolute atomic E-state index is 0.0748. The third-order valence-electron chi connectivity index (χ3n) is 8.49. The van der Waals surface area contributed by atoms with Gasteiger partial charge in [0.1, 0.15) is 23.0 Å². The molecule has 7 heteroatoms. The summed E-state index contributed by atoms with van der Waals surface area (Å²) in [4.78, 5) is 18.0. The van der Waals surface area contributed by atoms with Crippen molar-refractivity contribution in [3.05, 3.63) is 82.5 Å². The Bertz CT molecular complexity index is 1600. The molecular weight excluding hydrogens is 481 g/mol. The molecule has 4 aromatic rings. The van der Waals surface area contributed by atoms with Gasteiger partial charge in [0.15, 0.2) is 0 Å². The molecule has 1 N–H and O–H groups in total. The van der Waals surface area contributed by atoms with Crippen LogP contribution in [0.5, 0.6) is 0 Å². The van der Waals surface area contributed by atoms with Crippen molar-refractivity contribution < 1.29 is 18.8 Å². The molecule has 2 aromatic heterocycles. The van der Waals surface area contributed by atoms with E-state index in [0.29, 0.717) is 40.4 Å². The number of halogens is 1. The Labute approximate surface area is 219 Å². The Morgan fingerprint density at radius 2 is 1.89 bits per heavy atom. The fraction of sp³-hybridized carbons (Fsp3) is 0.323. The standard InChI is InChI=1S/C31H28FN3O3/c1-16-4-3-5-25(32)28(16)29-21(30(38-34-29)18-6-7-18)10-9-20-23-14-35(15-24(20)23)19-8-11-26-22(13-19)17(2)12-27(33-26)31(36)37/h3-5,8-13,18,20,23-24H,6-7,14-15H2,1-2H3,(H,36,37)/b10-9+. The number of hydrogen-bond acceptors (Lipinski definition) is 5. The van der Waals surface area contributed by atoms with Crippen molar-refractivity contribution in [1.82, 2.24) is 10.1 Å². The first-order chi connectivity index (χ1) is 18.4. The highest BCUT2D eigenvalue weighted by Crippen LogP contribution is 2.54. The second-order valence-corrected chi connectivity index (χ2v) is 11.0. The van der Waals surface area contributed by atoms with Crippen LogP contribution in [0.4, 0.5) is 10.1 Å². The topological polar surface area (TPSA) is 79.5 Å². The average Bonchev–Trinajstić information content (AvgIpc) is 3.76. The number of carboxylic acids is 1. The van der Waals surface area contributed by atoms with E-state index < -0.39 is 5.97 Å². The van der Waals surface area contributed by atoms with Crippen LogP contribution in [0.15, 0.2) is 53.1 Å². The van der Waals surface area contributed by atoms with Gasteiger partial charge in [-0.15, -0.1) is 0 Å². The molecule has 38 heavy (non-hydrogen) atoms. The summed E-state index contributed by atoms with van der Waals surface area (Å²) in [6, 6.07) is 12.8. The molecule has 3 fully saturated rings. The Kier molecular flexibility index (Phi) is 5.18. The summed E-state index contributed by atoms with van der Waals surface area (Å²) in [5, 5.41) is 14.6. The number of pyridine rings is 1. The number of carboxylic acid groups (broad SMARTS) is 1. The van der Waals surface area contributed by atoms with Crippen LogP contribution in [0.25, 0.3) is 28.2 Å². The fourth-order valence-electron chi connectivity index (χ4n) is 6.19. The number of carbonyl (C=O) groups is 1. The molecule has 192 valence electrons. The van der Waals surface area contributed by atoms with Crippen LogP contribution in [-0.2, 0) is 0 Å². The predicted molar refractivity (Wildman–Crippen MR) is 144 cm³/mol. The molecule has 0 spiro atoms. The average molecular weight is 510 g/mol. The third kappa shape index (κ3) is 3.80. The first-order valence-electron chi connectivity index (χ1n) is 13.2. The van der Waals surface area contributed by atoms with E-state index in [4.69, 9.17) is 4.52 Å². The number of piperidine rings is 1. The van der Waals surface area contributed by atoms with Crippen molar-refractivity contribution in [1.29, 1.82) is 0 Å². The molecule has 0 bridgehead atoms. The summed E-state index contributed by atoms with van der Waals surface area (Å²) in [6.07, 6.45) is 6.60. The number of anilines is 1. The molecular formula is C31H28FN3O3. The Balaban J connectivity index is 1.10. The third-order valence-corrected chi connectivity index (χ3v) is 8.49. The summed E-state index contributed by atoms with van der Waals surface area (Å²) in [5.74, 6) is 1.65. The largest absolute Gasteiger partial charge is 0.477 e. The van der Waals surface area contributed by atoms with Gasteiger partial charge in [0.05, 0.1) is 5.52 Å². The maximum atomic E-state index is 14.8. The smallest absolute Gasteiger partial charge is 0.354 e. The van der Waals surface area contributed by atoms with E-state index in [0.717, 1.165) is 59.5 Å². The lowest BCUT2D eigenvalue weighted by Gasteiger charge is -2.22. The number of benzene rings is 2. The molecule has 2 aromatic carbocycles. The normalized spacial score (nSPS) is 22.4. The van der Waals surface area contributed by atoms with Gasteiger partial charge in [0.25, 0.3) is 0 Å². The van der Waals surface area contributed by atoms with Gasteiger partial charge in [-0.25, -0.2) is 14.2 Å². The number of hydrogen-bond donors (Lipinski definition) is 1. The van der Waals surface area contributed by atoms with Crippen molar-refractivity contribution >= 4 is 28.6 Å². The lowest BCUT2D eigenvalue weighted by Crippen LogP contribution is -2.23. The van der Waals surface area contributed by atoms with Gasteiger partial charge in [-0.05, 0) is 85.9 Å². The number of aromatic nitrogens is 2. The van der Waals surface area contributed by atoms with Gasteiger partial charge >= 0.3 is 5.97 Å². The summed E-state index contributed by atoms with van der Waals surface area (Å²) in [6.45, 7) is 5.79. The first kappa shape index (κ1) is 23.1. The lowest BCUT2D eigenvalue weighted by atomic mass is 9.99. The Hall–Kier alpha value is -4.00. The molecule has 3 aliphatic rings. The highest BCUT2D eigenvalue weighted by atomic mass is 19.1. The molecule has 0 radical (unpaired) electrons. The SMILES string of the molecule is Cc1cccc(F)c1-c1noc(C2CC2)c1/C=C/C1C2CN(c3ccc4nc(C(=O)O)cc(C)c4c3)CC12. The Morgan fingerprint density at radius 1 is 1.11 bits per heavy atom. The molecule has 2 unspecified atom stereocenters. The van der Waals surface area contributed by atoms with Crippen LogP contribution >= 0.6 is 0 Å². The molecule has 3 heterocycles. The van der Waals surface area contributed by atoms with Crippen LogP contribution in [0.2, 0.25) is 0 Å². The van der Waals surface area contributed by atoms with Gasteiger partial charge in [-0.2, -0.15) is 0 Å². The molecule has 2 saturated carbocycles. The van der Waals surface area contributed by atoms with Crippen LogP contribution in [-0.4, -0.2) is 34.3 Å². The van der Waals surface area contributed by atoms with Crippen LogP contribution in [0, 0.1) is 37.4 Å². The minimum atomic E-state index is -1.01. The number of aryl methyl sites for hydroxylation is 2. The predicted octanol–water partition coefficient (Wildman–Crippen LogP) is 6.62. The van der Waals surface area contributed by atoms with Gasteiger partial charge in [0, 0.05) is 41.2 Å². The maximum Gasteiger partial charge on any atom is 0.354 e. The van der Waals surface area contributed by atoms with E-state index in [-0.39, 0.29) is 11.5 Å². The van der Waals surface area contributed by atoms with E-state index in [1.807, 2.05) is 32.0 Å². The van der Waals surface area contributed by atoms with Crippen LogP contribution in [0.1, 0.15) is 51.7 Å². The van der Waals surface area contributed by atoms with E-state index in [2.05, 4.69) is 33.3 Å². The zero-order chi connectivity index (χ0) is 26.1. The van der Waals surface area contributed by atoms with Gasteiger partial charge in [0.2, 0.25) is 0 Å². The molecule has 6 nitrogen and oxygen atoms in total. The molecule has 1 aliphatic heterocycles. The number of fused-ring (bicyclic) bond motifs is 2. The molecule has 2 atom stereocenters. The van der Waals surface area contributed by atoms with Gasteiger partial charge < -0.3 is 14.5 Å². The molecule has 2 aliphatic carbocycles. The van der Waals surface area contributed by atoms with Crippen molar-refractivity contribution in [3.8, 4) is 11.3 Å². The highest BCUT2D eigenvalue weighted by Gasteiger charge is 2.54.